The van der Waals surface area contributed by atoms with Gasteiger partial charge in [0.15, 0.2) is 0 Å². The molecule has 17 heavy (non-hydrogen) atoms. The van der Waals surface area contributed by atoms with Crippen molar-refractivity contribution in [1.82, 2.24) is 4.90 Å². The molecule has 0 aromatic heterocycles. The zero-order valence-electron chi connectivity index (χ0n) is 11.5. The van der Waals surface area contributed by atoms with E-state index >= 15 is 0 Å². The minimum absolute atomic E-state index is 0.376. The molecule has 0 heterocycles. The number of hydrogen-bond acceptors (Lipinski definition) is 2. The molecule has 2 nitrogen and oxygen atoms in total. The molecule has 1 aromatic rings. The van der Waals surface area contributed by atoms with Gasteiger partial charge < -0.3 is 10.0 Å². The molecule has 2 atom stereocenters. The Morgan fingerprint density at radius 1 is 1.18 bits per heavy atom. The highest BCUT2D eigenvalue weighted by Crippen LogP contribution is 2.32. The van der Waals surface area contributed by atoms with Crippen LogP contribution in [0.25, 0.3) is 0 Å². The van der Waals surface area contributed by atoms with Crippen molar-refractivity contribution in [1.29, 1.82) is 0 Å². The van der Waals surface area contributed by atoms with Gasteiger partial charge in [-0.05, 0) is 50.0 Å². The van der Waals surface area contributed by atoms with E-state index in [9.17, 15) is 5.11 Å². The van der Waals surface area contributed by atoms with Crippen molar-refractivity contribution in [3.63, 3.8) is 0 Å². The summed E-state index contributed by atoms with van der Waals surface area (Å²) in [5.41, 5.74) is 1.27. The van der Waals surface area contributed by atoms with Crippen molar-refractivity contribution in [3.8, 4) is 5.75 Å². The van der Waals surface area contributed by atoms with Crippen LogP contribution in [0.1, 0.15) is 38.2 Å². The van der Waals surface area contributed by atoms with Gasteiger partial charge in [-0.2, -0.15) is 0 Å². The molecule has 0 saturated carbocycles. The van der Waals surface area contributed by atoms with Crippen LogP contribution in [-0.4, -0.2) is 30.6 Å². The smallest absolute Gasteiger partial charge is 0.115 e. The fraction of sp³-hybridized carbons (Fsp3) is 0.600. The Morgan fingerprint density at radius 2 is 1.88 bits per heavy atom. The van der Waals surface area contributed by atoms with Gasteiger partial charge in [0.05, 0.1) is 0 Å². The molecule has 0 aliphatic rings. The second kappa shape index (κ2) is 6.65. The number of rotatable bonds is 6. The molecule has 0 aliphatic carbocycles. The first-order valence-electron chi connectivity index (χ1n) is 6.52. The van der Waals surface area contributed by atoms with Gasteiger partial charge in [-0.1, -0.05) is 32.4 Å². The summed E-state index contributed by atoms with van der Waals surface area (Å²) in [6.07, 6.45) is 2.29. The summed E-state index contributed by atoms with van der Waals surface area (Å²) < 4.78 is 0. The molecule has 1 aromatic carbocycles. The lowest BCUT2D eigenvalue weighted by molar-refractivity contribution is 0.278. The molecule has 0 fully saturated rings. The molecule has 2 heteroatoms. The molecular weight excluding hydrogens is 210 g/mol. The van der Waals surface area contributed by atoms with Crippen molar-refractivity contribution >= 4 is 0 Å². The number of aromatic hydroxyl groups is 1. The van der Waals surface area contributed by atoms with Crippen LogP contribution in [0.2, 0.25) is 0 Å². The van der Waals surface area contributed by atoms with E-state index in [4.69, 9.17) is 0 Å². The Bertz CT molecular complexity index is 335. The van der Waals surface area contributed by atoms with Crippen molar-refractivity contribution in [2.24, 2.45) is 5.92 Å². The van der Waals surface area contributed by atoms with E-state index in [1.54, 1.807) is 6.07 Å². The largest absolute Gasteiger partial charge is 0.508 e. The minimum Gasteiger partial charge on any atom is -0.508 e. The fourth-order valence-corrected chi connectivity index (χ4v) is 2.61. The van der Waals surface area contributed by atoms with E-state index in [1.165, 1.54) is 12.0 Å². The zero-order chi connectivity index (χ0) is 12.8. The van der Waals surface area contributed by atoms with Crippen LogP contribution in [0.3, 0.4) is 0 Å². The quantitative estimate of drug-likeness (QED) is 0.816. The fourth-order valence-electron chi connectivity index (χ4n) is 2.61. The SMILES string of the molecule is CC[C@@H](CN(C)C)[C@@H](CC)c1cccc(O)c1. The van der Waals surface area contributed by atoms with Crippen LogP contribution in [-0.2, 0) is 0 Å². The van der Waals surface area contributed by atoms with Gasteiger partial charge in [0, 0.05) is 6.54 Å². The number of phenols is 1. The first kappa shape index (κ1) is 14.0. The summed E-state index contributed by atoms with van der Waals surface area (Å²) >= 11 is 0. The van der Waals surface area contributed by atoms with Crippen molar-refractivity contribution in [2.45, 2.75) is 32.6 Å². The second-order valence-corrected chi connectivity index (χ2v) is 5.04. The van der Waals surface area contributed by atoms with Crippen LogP contribution in [0.15, 0.2) is 24.3 Å². The summed E-state index contributed by atoms with van der Waals surface area (Å²) in [6.45, 7) is 5.58. The first-order chi connectivity index (χ1) is 8.08. The second-order valence-electron chi connectivity index (χ2n) is 5.04. The zero-order valence-corrected chi connectivity index (χ0v) is 11.5. The molecular formula is C15H25NO. The Kier molecular flexibility index (Phi) is 5.49. The molecule has 0 amide bonds. The summed E-state index contributed by atoms with van der Waals surface area (Å²) in [5, 5.41) is 9.58. The number of nitrogens with zero attached hydrogens (tertiary/aromatic N) is 1. The van der Waals surface area contributed by atoms with Gasteiger partial charge in [-0.3, -0.25) is 0 Å². The maximum Gasteiger partial charge on any atom is 0.115 e. The van der Waals surface area contributed by atoms with Crippen LogP contribution >= 0.6 is 0 Å². The maximum absolute atomic E-state index is 9.58. The molecule has 1 N–H and O–H groups in total. The van der Waals surface area contributed by atoms with Crippen LogP contribution in [0, 0.1) is 5.92 Å². The summed E-state index contributed by atoms with van der Waals surface area (Å²) in [4.78, 5) is 2.25. The first-order valence-corrected chi connectivity index (χ1v) is 6.52. The lowest BCUT2D eigenvalue weighted by atomic mass is 9.82. The van der Waals surface area contributed by atoms with Gasteiger partial charge in [0.1, 0.15) is 5.75 Å². The molecule has 0 unspecified atom stereocenters. The van der Waals surface area contributed by atoms with Gasteiger partial charge in [-0.25, -0.2) is 0 Å². The number of hydrogen-bond donors (Lipinski definition) is 1. The lowest BCUT2D eigenvalue weighted by Gasteiger charge is -2.28. The Morgan fingerprint density at radius 3 is 2.35 bits per heavy atom. The molecule has 0 radical (unpaired) electrons. The number of phenolic OH excluding ortho intramolecular Hbond substituents is 1. The highest BCUT2D eigenvalue weighted by atomic mass is 16.3. The Labute approximate surface area is 105 Å². The Balaban J connectivity index is 2.88. The molecule has 0 bridgehead atoms. The maximum atomic E-state index is 9.58. The third-order valence-electron chi connectivity index (χ3n) is 3.43. The summed E-state index contributed by atoms with van der Waals surface area (Å²) in [5.74, 6) is 1.56. The third-order valence-corrected chi connectivity index (χ3v) is 3.43. The van der Waals surface area contributed by atoms with Crippen molar-refractivity contribution in [3.05, 3.63) is 29.8 Å². The summed E-state index contributed by atoms with van der Waals surface area (Å²) in [6, 6.07) is 7.72. The molecule has 0 spiro atoms. The summed E-state index contributed by atoms with van der Waals surface area (Å²) in [7, 11) is 4.25. The van der Waals surface area contributed by atoms with E-state index in [-0.39, 0.29) is 0 Å². The van der Waals surface area contributed by atoms with Gasteiger partial charge in [0.25, 0.3) is 0 Å². The molecule has 1 rings (SSSR count). The van der Waals surface area contributed by atoms with Crippen molar-refractivity contribution in [2.75, 3.05) is 20.6 Å². The van der Waals surface area contributed by atoms with E-state index in [2.05, 4.69) is 38.9 Å². The average molecular weight is 235 g/mol. The van der Waals surface area contributed by atoms with Gasteiger partial charge in [0.2, 0.25) is 0 Å². The van der Waals surface area contributed by atoms with E-state index in [0.29, 0.717) is 17.6 Å². The van der Waals surface area contributed by atoms with E-state index < -0.39 is 0 Å². The van der Waals surface area contributed by atoms with Crippen LogP contribution in [0.5, 0.6) is 5.75 Å². The lowest BCUT2D eigenvalue weighted by Crippen LogP contribution is -2.26. The third kappa shape index (κ3) is 4.04. The molecule has 96 valence electrons. The molecule has 0 aliphatic heterocycles. The average Bonchev–Trinajstić information content (AvgIpc) is 2.28. The Hall–Kier alpha value is -1.02. The number of benzene rings is 1. The highest BCUT2D eigenvalue weighted by molar-refractivity contribution is 5.30. The van der Waals surface area contributed by atoms with Gasteiger partial charge in [-0.15, -0.1) is 0 Å². The standard InChI is InChI=1S/C15H25NO/c1-5-12(11-16(3)4)15(6-2)13-8-7-9-14(17)10-13/h7-10,12,15,17H,5-6,11H2,1-4H3/t12-,15+/m0/s1. The van der Waals surface area contributed by atoms with Gasteiger partial charge >= 0.3 is 0 Å². The van der Waals surface area contributed by atoms with E-state index in [1.807, 2.05) is 12.1 Å². The van der Waals surface area contributed by atoms with Crippen molar-refractivity contribution < 1.29 is 5.11 Å². The topological polar surface area (TPSA) is 23.5 Å². The molecule has 0 saturated heterocycles. The van der Waals surface area contributed by atoms with E-state index in [0.717, 1.165) is 13.0 Å². The van der Waals surface area contributed by atoms with Crippen LogP contribution in [0.4, 0.5) is 0 Å². The normalized spacial score (nSPS) is 14.9. The van der Waals surface area contributed by atoms with Crippen LogP contribution < -0.4 is 0 Å². The minimum atomic E-state index is 0.376. The predicted octanol–water partition coefficient (Wildman–Crippen LogP) is 3.47. The highest BCUT2D eigenvalue weighted by Gasteiger charge is 2.20. The monoisotopic (exact) mass is 235 g/mol. The predicted molar refractivity (Wildman–Crippen MR) is 73.5 cm³/mol.